The Balaban J connectivity index is 2.11. The molecule has 0 N–H and O–H groups in total. The molecule has 1 atom stereocenters. The number of halogens is 1. The summed E-state index contributed by atoms with van der Waals surface area (Å²) in [7, 11) is 0. The second-order valence-corrected chi connectivity index (χ2v) is 5.75. The van der Waals surface area contributed by atoms with Crippen molar-refractivity contribution in [3.8, 4) is 0 Å². The summed E-state index contributed by atoms with van der Waals surface area (Å²) in [5.74, 6) is 0. The van der Waals surface area contributed by atoms with Crippen LogP contribution in [0.4, 0.5) is 0 Å². The fraction of sp³-hybridized carbons (Fsp3) is 0.643. The molecule has 0 amide bonds. The molecule has 2 aliphatic rings. The van der Waals surface area contributed by atoms with Crippen molar-refractivity contribution in [2.75, 3.05) is 0 Å². The van der Waals surface area contributed by atoms with E-state index >= 15 is 0 Å². The summed E-state index contributed by atoms with van der Waals surface area (Å²) in [6.45, 7) is 2.29. The molecular weight excluding hydrogens is 218 g/mol. The van der Waals surface area contributed by atoms with Crippen molar-refractivity contribution in [1.82, 2.24) is 4.98 Å². The van der Waals surface area contributed by atoms with Crippen LogP contribution in [0.5, 0.6) is 0 Å². The summed E-state index contributed by atoms with van der Waals surface area (Å²) in [5.41, 5.74) is 7.26. The molecule has 0 bridgehead atoms. The van der Waals surface area contributed by atoms with Crippen LogP contribution in [0.1, 0.15) is 47.3 Å². The SMILES string of the molecule is Cc1c2c(nc3c1CCC(Cl)C3)CCCC2. The quantitative estimate of drug-likeness (QED) is 0.629. The third-order valence-corrected chi connectivity index (χ3v) is 4.46. The molecule has 0 fully saturated rings. The van der Waals surface area contributed by atoms with Crippen LogP contribution in [0.25, 0.3) is 0 Å². The fourth-order valence-corrected chi connectivity index (χ4v) is 3.41. The van der Waals surface area contributed by atoms with E-state index in [1.165, 1.54) is 48.2 Å². The molecule has 0 radical (unpaired) electrons. The van der Waals surface area contributed by atoms with Gasteiger partial charge in [-0.25, -0.2) is 0 Å². The van der Waals surface area contributed by atoms with Gasteiger partial charge >= 0.3 is 0 Å². The molecule has 2 aliphatic carbocycles. The molecule has 0 aliphatic heterocycles. The molecule has 0 saturated carbocycles. The molecule has 3 rings (SSSR count). The van der Waals surface area contributed by atoms with E-state index in [4.69, 9.17) is 16.6 Å². The Morgan fingerprint density at radius 2 is 1.81 bits per heavy atom. The summed E-state index contributed by atoms with van der Waals surface area (Å²) in [6, 6.07) is 0. The van der Waals surface area contributed by atoms with Gasteiger partial charge in [0.1, 0.15) is 0 Å². The number of rotatable bonds is 0. The number of aryl methyl sites for hydroxylation is 1. The van der Waals surface area contributed by atoms with E-state index < -0.39 is 0 Å². The average Bonchev–Trinajstić information content (AvgIpc) is 2.29. The smallest absolute Gasteiger partial charge is 0.0456 e. The zero-order valence-electron chi connectivity index (χ0n) is 9.85. The number of pyridine rings is 1. The van der Waals surface area contributed by atoms with Crippen LogP contribution < -0.4 is 0 Å². The maximum atomic E-state index is 6.24. The molecule has 0 aromatic carbocycles. The molecule has 1 aromatic heterocycles. The topological polar surface area (TPSA) is 12.9 Å². The zero-order chi connectivity index (χ0) is 11.1. The fourth-order valence-electron chi connectivity index (χ4n) is 3.16. The van der Waals surface area contributed by atoms with E-state index in [2.05, 4.69) is 6.92 Å². The Bertz CT molecular complexity index is 425. The zero-order valence-corrected chi connectivity index (χ0v) is 10.6. The van der Waals surface area contributed by atoms with Crippen molar-refractivity contribution in [2.45, 2.75) is 57.2 Å². The van der Waals surface area contributed by atoms with Crippen LogP contribution >= 0.6 is 11.6 Å². The van der Waals surface area contributed by atoms with Crippen molar-refractivity contribution in [2.24, 2.45) is 0 Å². The minimum atomic E-state index is 0.307. The van der Waals surface area contributed by atoms with E-state index in [1.54, 1.807) is 5.56 Å². The molecule has 1 heterocycles. The van der Waals surface area contributed by atoms with Crippen molar-refractivity contribution in [3.05, 3.63) is 28.1 Å². The summed E-state index contributed by atoms with van der Waals surface area (Å²) in [4.78, 5) is 4.88. The lowest BCUT2D eigenvalue weighted by molar-refractivity contribution is 0.625. The summed E-state index contributed by atoms with van der Waals surface area (Å²) >= 11 is 6.24. The highest BCUT2D eigenvalue weighted by Crippen LogP contribution is 2.32. The maximum absolute atomic E-state index is 6.24. The van der Waals surface area contributed by atoms with Gasteiger partial charge in [-0.1, -0.05) is 0 Å². The van der Waals surface area contributed by atoms with E-state index in [1.807, 2.05) is 0 Å². The van der Waals surface area contributed by atoms with Gasteiger partial charge in [0, 0.05) is 23.2 Å². The number of aromatic nitrogens is 1. The Labute approximate surface area is 102 Å². The highest BCUT2D eigenvalue weighted by Gasteiger charge is 2.24. The van der Waals surface area contributed by atoms with Crippen LogP contribution in [0.15, 0.2) is 0 Å². The first-order valence-corrected chi connectivity index (χ1v) is 6.83. The lowest BCUT2D eigenvalue weighted by Gasteiger charge is -2.26. The predicted octanol–water partition coefficient (Wildman–Crippen LogP) is 3.36. The van der Waals surface area contributed by atoms with E-state index in [0.717, 1.165) is 19.3 Å². The van der Waals surface area contributed by atoms with Gasteiger partial charge in [-0.3, -0.25) is 4.98 Å². The molecule has 1 nitrogen and oxygen atoms in total. The van der Waals surface area contributed by atoms with Crippen LogP contribution in [-0.2, 0) is 25.7 Å². The monoisotopic (exact) mass is 235 g/mol. The molecular formula is C14H18ClN. The number of nitrogens with zero attached hydrogens (tertiary/aromatic N) is 1. The molecule has 2 heteroatoms. The van der Waals surface area contributed by atoms with Crippen LogP contribution in [0.2, 0.25) is 0 Å². The summed E-state index contributed by atoms with van der Waals surface area (Å²) in [6.07, 6.45) is 8.30. The number of hydrogen-bond donors (Lipinski definition) is 0. The Kier molecular flexibility index (Phi) is 2.67. The van der Waals surface area contributed by atoms with Gasteiger partial charge in [-0.2, -0.15) is 0 Å². The molecule has 0 saturated heterocycles. The second-order valence-electron chi connectivity index (χ2n) is 5.13. The van der Waals surface area contributed by atoms with E-state index in [0.29, 0.717) is 5.38 Å². The lowest BCUT2D eigenvalue weighted by Crippen LogP contribution is -2.20. The predicted molar refractivity (Wildman–Crippen MR) is 67.3 cm³/mol. The largest absolute Gasteiger partial charge is 0.257 e. The molecule has 86 valence electrons. The van der Waals surface area contributed by atoms with E-state index in [9.17, 15) is 0 Å². The summed E-state index contributed by atoms with van der Waals surface area (Å²) in [5, 5.41) is 0.307. The van der Waals surface area contributed by atoms with Gasteiger partial charge in [-0.05, 0) is 62.1 Å². The normalized spacial score (nSPS) is 23.8. The van der Waals surface area contributed by atoms with Crippen molar-refractivity contribution in [1.29, 1.82) is 0 Å². The van der Waals surface area contributed by atoms with Gasteiger partial charge < -0.3 is 0 Å². The third kappa shape index (κ3) is 1.66. The Morgan fingerprint density at radius 1 is 1.06 bits per heavy atom. The minimum Gasteiger partial charge on any atom is -0.257 e. The summed E-state index contributed by atoms with van der Waals surface area (Å²) < 4.78 is 0. The average molecular weight is 236 g/mol. The van der Waals surface area contributed by atoms with Crippen molar-refractivity contribution < 1.29 is 0 Å². The highest BCUT2D eigenvalue weighted by atomic mass is 35.5. The van der Waals surface area contributed by atoms with E-state index in [-0.39, 0.29) is 0 Å². The number of alkyl halides is 1. The van der Waals surface area contributed by atoms with Crippen LogP contribution in [0.3, 0.4) is 0 Å². The van der Waals surface area contributed by atoms with Crippen molar-refractivity contribution >= 4 is 11.6 Å². The number of fused-ring (bicyclic) bond motifs is 2. The third-order valence-electron chi connectivity index (χ3n) is 4.08. The van der Waals surface area contributed by atoms with Gasteiger partial charge in [-0.15, -0.1) is 11.6 Å². The number of hydrogen-bond acceptors (Lipinski definition) is 1. The van der Waals surface area contributed by atoms with Crippen molar-refractivity contribution in [3.63, 3.8) is 0 Å². The molecule has 1 unspecified atom stereocenters. The van der Waals surface area contributed by atoms with Crippen LogP contribution in [0, 0.1) is 6.92 Å². The van der Waals surface area contributed by atoms with Gasteiger partial charge in [0.2, 0.25) is 0 Å². The molecule has 0 spiro atoms. The van der Waals surface area contributed by atoms with Gasteiger partial charge in [0.05, 0.1) is 0 Å². The first-order chi connectivity index (χ1) is 7.75. The Hall–Kier alpha value is -0.560. The first-order valence-electron chi connectivity index (χ1n) is 6.40. The molecule has 16 heavy (non-hydrogen) atoms. The lowest BCUT2D eigenvalue weighted by atomic mass is 9.85. The highest BCUT2D eigenvalue weighted by molar-refractivity contribution is 6.20. The Morgan fingerprint density at radius 3 is 2.69 bits per heavy atom. The van der Waals surface area contributed by atoms with Gasteiger partial charge in [0.25, 0.3) is 0 Å². The minimum absolute atomic E-state index is 0.307. The standard InChI is InChI=1S/C14H18ClN/c1-9-11-4-2-3-5-13(11)16-14-8-10(15)6-7-12(9)14/h10H,2-8H2,1H3. The second kappa shape index (κ2) is 4.03. The van der Waals surface area contributed by atoms with Crippen LogP contribution in [-0.4, -0.2) is 10.4 Å². The van der Waals surface area contributed by atoms with Gasteiger partial charge in [0.15, 0.2) is 0 Å². The molecule has 1 aromatic rings. The maximum Gasteiger partial charge on any atom is 0.0456 e. The first kappa shape index (κ1) is 10.6.